The smallest absolute Gasteiger partial charge is 0.262 e. The van der Waals surface area contributed by atoms with Crippen LogP contribution in [0.3, 0.4) is 0 Å². The Balaban J connectivity index is 1.23. The van der Waals surface area contributed by atoms with Gasteiger partial charge in [-0.3, -0.25) is 9.69 Å². The molecule has 0 saturated carbocycles. The third kappa shape index (κ3) is 7.11. The van der Waals surface area contributed by atoms with E-state index in [1.54, 1.807) is 0 Å². The van der Waals surface area contributed by atoms with Gasteiger partial charge < -0.3 is 34.3 Å². The van der Waals surface area contributed by atoms with Crippen molar-refractivity contribution in [3.8, 4) is 17.3 Å². The molecule has 0 aliphatic carbocycles. The van der Waals surface area contributed by atoms with Crippen LogP contribution >= 0.6 is 12.0 Å². The fraction of sp³-hybridized carbons (Fsp3) is 0.400. The number of hydrogen-bond donors (Lipinski definition) is 4. The lowest BCUT2D eigenvalue weighted by Gasteiger charge is -2.30. The Morgan fingerprint density at radius 2 is 1.93 bits per heavy atom. The molecule has 2 aliphatic heterocycles. The number of aliphatic hydroxyl groups excluding tert-OH is 2. The molecule has 2 aliphatic rings. The topological polar surface area (TPSA) is 132 Å². The van der Waals surface area contributed by atoms with Crippen molar-refractivity contribution in [1.29, 1.82) is 5.26 Å². The molecule has 0 spiro atoms. The van der Waals surface area contributed by atoms with Crippen LogP contribution in [0.25, 0.3) is 28.1 Å². The van der Waals surface area contributed by atoms with Crippen molar-refractivity contribution < 1.29 is 23.9 Å². The standard InChI is InChI=1S/C30H35N5O5S/c1-34-25(16-23(17-31)30(38)33-18-28-29(37)27(36)19-41-40-28)6-7-26(34)22-3-2-21-15-24(5-4-20(21)14-22)32-8-9-35-10-12-39-13-11-35/h2-7,14-16,27-29,32,36-37H,8-13,18-19H2,1H3,(H,33,38)/b23-16+/t27-,28-,29+/m1/s1. The first-order chi connectivity index (χ1) is 19.9. The summed E-state index contributed by atoms with van der Waals surface area (Å²) in [6.45, 7) is 5.42. The fourth-order valence-corrected chi connectivity index (χ4v) is 5.77. The summed E-state index contributed by atoms with van der Waals surface area (Å²) in [6.07, 6.45) is -1.25. The lowest BCUT2D eigenvalue weighted by Crippen LogP contribution is -2.49. The zero-order chi connectivity index (χ0) is 28.8. The van der Waals surface area contributed by atoms with Crippen LogP contribution in [0.4, 0.5) is 5.69 Å². The van der Waals surface area contributed by atoms with Gasteiger partial charge in [0, 0.05) is 62.6 Å². The second kappa shape index (κ2) is 13.5. The highest BCUT2D eigenvalue weighted by Crippen LogP contribution is 2.28. The third-order valence-electron chi connectivity index (χ3n) is 7.48. The number of morpholine rings is 1. The van der Waals surface area contributed by atoms with Crippen molar-refractivity contribution in [3.05, 3.63) is 59.8 Å². The number of ether oxygens (including phenoxy) is 1. The van der Waals surface area contributed by atoms with E-state index in [2.05, 4.69) is 51.9 Å². The molecule has 10 nitrogen and oxygen atoms in total. The molecule has 3 heterocycles. The Morgan fingerprint density at radius 1 is 1.15 bits per heavy atom. The number of hydrogen-bond acceptors (Lipinski definition) is 9. The molecule has 1 aromatic heterocycles. The molecule has 5 rings (SSSR count). The average Bonchev–Trinajstić information content (AvgIpc) is 3.36. The molecule has 1 amide bonds. The molecule has 41 heavy (non-hydrogen) atoms. The number of nitriles is 1. The number of aromatic nitrogens is 1. The van der Waals surface area contributed by atoms with Gasteiger partial charge >= 0.3 is 0 Å². The highest BCUT2D eigenvalue weighted by Gasteiger charge is 2.32. The second-order valence-electron chi connectivity index (χ2n) is 10.2. The quantitative estimate of drug-likeness (QED) is 0.172. The highest BCUT2D eigenvalue weighted by molar-refractivity contribution is 7.94. The van der Waals surface area contributed by atoms with Crippen LogP contribution in [0.2, 0.25) is 0 Å². The summed E-state index contributed by atoms with van der Waals surface area (Å²) in [5.74, 6) is -0.313. The summed E-state index contributed by atoms with van der Waals surface area (Å²) >= 11 is 1.04. The maximum absolute atomic E-state index is 12.7. The molecule has 0 unspecified atom stereocenters. The summed E-state index contributed by atoms with van der Waals surface area (Å²) in [5.41, 5.74) is 3.70. The third-order valence-corrected chi connectivity index (χ3v) is 8.35. The van der Waals surface area contributed by atoms with Crippen LogP contribution in [0.15, 0.2) is 54.1 Å². The van der Waals surface area contributed by atoms with E-state index >= 15 is 0 Å². The number of carbonyl (C=O) groups is 1. The Kier molecular flexibility index (Phi) is 9.61. The number of carbonyl (C=O) groups excluding carboxylic acids is 1. The Labute approximate surface area is 243 Å². The van der Waals surface area contributed by atoms with Gasteiger partial charge in [0.15, 0.2) is 0 Å². The fourth-order valence-electron chi connectivity index (χ4n) is 5.00. The molecular formula is C30H35N5O5S. The summed E-state index contributed by atoms with van der Waals surface area (Å²) in [7, 11) is 1.89. The van der Waals surface area contributed by atoms with E-state index in [4.69, 9.17) is 8.92 Å². The molecule has 0 bridgehead atoms. The first-order valence-corrected chi connectivity index (χ1v) is 14.6. The van der Waals surface area contributed by atoms with Gasteiger partial charge in [0.05, 0.1) is 19.3 Å². The minimum absolute atomic E-state index is 0.0241. The number of fused-ring (bicyclic) bond motifs is 1. The number of amides is 1. The number of aliphatic hydroxyl groups is 2. The SMILES string of the molecule is Cn1c(/C=C(\C#N)C(=O)NC[C@H]2OSC[C@@H](O)[C@@H]2O)ccc1-c1ccc2cc(NCCN3CCOCC3)ccc2c1. The molecule has 3 atom stereocenters. The lowest BCUT2D eigenvalue weighted by atomic mass is 10.0. The van der Waals surface area contributed by atoms with E-state index in [1.807, 2.05) is 29.8 Å². The van der Waals surface area contributed by atoms with Crippen molar-refractivity contribution in [2.24, 2.45) is 7.05 Å². The summed E-state index contributed by atoms with van der Waals surface area (Å²) < 4.78 is 12.7. The van der Waals surface area contributed by atoms with Crippen LogP contribution in [0.1, 0.15) is 5.69 Å². The van der Waals surface area contributed by atoms with Gasteiger partial charge in [-0.2, -0.15) is 5.26 Å². The minimum Gasteiger partial charge on any atom is -0.389 e. The van der Waals surface area contributed by atoms with Gasteiger partial charge in [0.1, 0.15) is 23.9 Å². The van der Waals surface area contributed by atoms with E-state index < -0.39 is 24.2 Å². The number of anilines is 1. The number of nitrogens with one attached hydrogen (secondary N) is 2. The molecular weight excluding hydrogens is 542 g/mol. The van der Waals surface area contributed by atoms with E-state index in [0.717, 1.165) is 79.2 Å². The van der Waals surface area contributed by atoms with Crippen LogP contribution in [-0.4, -0.2) is 95.6 Å². The van der Waals surface area contributed by atoms with Crippen LogP contribution in [0.5, 0.6) is 0 Å². The van der Waals surface area contributed by atoms with Crippen LogP contribution in [0, 0.1) is 11.3 Å². The summed E-state index contributed by atoms with van der Waals surface area (Å²) in [4.78, 5) is 15.1. The van der Waals surface area contributed by atoms with Gasteiger partial charge in [0.2, 0.25) is 0 Å². The lowest BCUT2D eigenvalue weighted by molar-refractivity contribution is -0.118. The average molecular weight is 578 g/mol. The van der Waals surface area contributed by atoms with Gasteiger partial charge in [-0.15, -0.1) is 0 Å². The minimum atomic E-state index is -1.10. The molecule has 216 valence electrons. The van der Waals surface area contributed by atoms with Crippen molar-refractivity contribution in [3.63, 3.8) is 0 Å². The molecule has 4 N–H and O–H groups in total. The Hall–Kier alpha value is -3.37. The molecule has 2 fully saturated rings. The maximum atomic E-state index is 12.7. The van der Waals surface area contributed by atoms with E-state index in [1.165, 1.54) is 6.08 Å². The zero-order valence-corrected chi connectivity index (χ0v) is 23.8. The Morgan fingerprint density at radius 3 is 2.73 bits per heavy atom. The first kappa shape index (κ1) is 29.1. The molecule has 2 saturated heterocycles. The predicted octanol–water partition coefficient (Wildman–Crippen LogP) is 2.38. The number of nitrogens with zero attached hydrogens (tertiary/aromatic N) is 3. The first-order valence-electron chi connectivity index (χ1n) is 13.7. The van der Waals surface area contributed by atoms with Gasteiger partial charge in [-0.25, -0.2) is 0 Å². The number of benzene rings is 2. The monoisotopic (exact) mass is 577 g/mol. The van der Waals surface area contributed by atoms with Gasteiger partial charge in [0.25, 0.3) is 5.91 Å². The summed E-state index contributed by atoms with van der Waals surface area (Å²) in [6, 6.07) is 18.5. The van der Waals surface area contributed by atoms with Crippen LogP contribution < -0.4 is 10.6 Å². The van der Waals surface area contributed by atoms with Gasteiger partial charge in [-0.05, 0) is 64.8 Å². The van der Waals surface area contributed by atoms with Crippen molar-refractivity contribution in [2.45, 2.75) is 18.3 Å². The predicted molar refractivity (Wildman–Crippen MR) is 160 cm³/mol. The molecule has 2 aromatic carbocycles. The van der Waals surface area contributed by atoms with E-state index in [0.29, 0.717) is 5.69 Å². The van der Waals surface area contributed by atoms with E-state index in [9.17, 15) is 20.3 Å². The van der Waals surface area contributed by atoms with Crippen molar-refractivity contribution >= 4 is 40.5 Å². The normalized spacial score (nSPS) is 21.9. The zero-order valence-electron chi connectivity index (χ0n) is 23.0. The van der Waals surface area contributed by atoms with Crippen molar-refractivity contribution in [1.82, 2.24) is 14.8 Å². The second-order valence-corrected chi connectivity index (χ2v) is 11.0. The molecule has 0 radical (unpaired) electrons. The maximum Gasteiger partial charge on any atom is 0.262 e. The summed E-state index contributed by atoms with van der Waals surface area (Å²) in [5, 5.41) is 37.9. The largest absolute Gasteiger partial charge is 0.389 e. The Bertz CT molecular complexity index is 1440. The molecule has 3 aromatic rings. The molecule has 11 heteroatoms. The van der Waals surface area contributed by atoms with Crippen molar-refractivity contribution in [2.75, 3.05) is 57.0 Å². The van der Waals surface area contributed by atoms with Crippen LogP contribution in [-0.2, 0) is 20.8 Å². The highest BCUT2D eigenvalue weighted by atomic mass is 32.2. The van der Waals surface area contributed by atoms with Gasteiger partial charge in [-0.1, -0.05) is 18.2 Å². The number of rotatable bonds is 9. The van der Waals surface area contributed by atoms with E-state index in [-0.39, 0.29) is 17.9 Å².